The van der Waals surface area contributed by atoms with Gasteiger partial charge in [0.15, 0.2) is 0 Å². The van der Waals surface area contributed by atoms with Crippen LogP contribution in [0.4, 0.5) is 5.69 Å². The highest BCUT2D eigenvalue weighted by molar-refractivity contribution is 6.30. The normalized spacial score (nSPS) is 16.0. The molecule has 26 heavy (non-hydrogen) atoms. The summed E-state index contributed by atoms with van der Waals surface area (Å²) >= 11 is 6.09. The summed E-state index contributed by atoms with van der Waals surface area (Å²) in [6.07, 6.45) is 0.512. The summed E-state index contributed by atoms with van der Waals surface area (Å²) in [4.78, 5) is 15.8. The summed E-state index contributed by atoms with van der Waals surface area (Å²) in [5.74, 6) is -0.777. The van der Waals surface area contributed by atoms with E-state index in [1.165, 1.54) is 0 Å². The SMILES string of the molecule is CN(C)c1ccc(CN2Cc3cc(Cl)ccc3CC2C(=O)O)cc1.Cl.Cl. The molecule has 0 aliphatic carbocycles. The van der Waals surface area contributed by atoms with Gasteiger partial charge in [0.1, 0.15) is 6.04 Å². The lowest BCUT2D eigenvalue weighted by Gasteiger charge is -2.34. The first kappa shape index (κ1) is 22.6. The van der Waals surface area contributed by atoms with Gasteiger partial charge in [0.2, 0.25) is 0 Å². The van der Waals surface area contributed by atoms with Crippen LogP contribution in [0.2, 0.25) is 5.02 Å². The van der Waals surface area contributed by atoms with Crippen LogP contribution < -0.4 is 4.90 Å². The third kappa shape index (κ3) is 5.04. The van der Waals surface area contributed by atoms with Crippen LogP contribution in [0.5, 0.6) is 0 Å². The molecule has 142 valence electrons. The van der Waals surface area contributed by atoms with Gasteiger partial charge in [-0.25, -0.2) is 0 Å². The highest BCUT2D eigenvalue weighted by Crippen LogP contribution is 2.28. The van der Waals surface area contributed by atoms with Crippen molar-refractivity contribution in [3.8, 4) is 0 Å². The average Bonchev–Trinajstić information content (AvgIpc) is 2.54. The Morgan fingerprint density at radius 2 is 1.81 bits per heavy atom. The second kappa shape index (κ2) is 9.47. The number of fused-ring (bicyclic) bond motifs is 1. The Labute approximate surface area is 171 Å². The summed E-state index contributed by atoms with van der Waals surface area (Å²) < 4.78 is 0. The van der Waals surface area contributed by atoms with Crippen LogP contribution in [0.25, 0.3) is 0 Å². The molecule has 4 nitrogen and oxygen atoms in total. The summed E-state index contributed by atoms with van der Waals surface area (Å²) in [7, 11) is 4.00. The smallest absolute Gasteiger partial charge is 0.321 e. The average molecular weight is 418 g/mol. The minimum atomic E-state index is -0.777. The zero-order valence-electron chi connectivity index (χ0n) is 14.7. The highest BCUT2D eigenvalue weighted by Gasteiger charge is 2.31. The second-order valence-corrected chi connectivity index (χ2v) is 6.87. The molecule has 2 aromatic rings. The molecule has 1 aliphatic heterocycles. The van der Waals surface area contributed by atoms with Crippen molar-refractivity contribution in [3.05, 3.63) is 64.2 Å². The fraction of sp³-hybridized carbons (Fsp3) is 0.316. The third-order valence-electron chi connectivity index (χ3n) is 4.52. The third-order valence-corrected chi connectivity index (χ3v) is 4.75. The molecule has 0 aromatic heterocycles. The Hall–Kier alpha value is -1.46. The topological polar surface area (TPSA) is 43.8 Å². The minimum absolute atomic E-state index is 0. The molecule has 1 aliphatic rings. The number of halogens is 3. The molecule has 0 amide bonds. The first-order valence-electron chi connectivity index (χ1n) is 7.94. The molecular weight excluding hydrogens is 395 g/mol. The van der Waals surface area contributed by atoms with Crippen LogP contribution >= 0.6 is 36.4 Å². The fourth-order valence-electron chi connectivity index (χ4n) is 3.15. The number of rotatable bonds is 4. The van der Waals surface area contributed by atoms with Gasteiger partial charge >= 0.3 is 5.97 Å². The van der Waals surface area contributed by atoms with Gasteiger partial charge in [-0.15, -0.1) is 24.8 Å². The summed E-state index contributed by atoms with van der Waals surface area (Å²) in [6, 6.07) is 13.4. The monoisotopic (exact) mass is 416 g/mol. The number of anilines is 1. The van der Waals surface area contributed by atoms with E-state index >= 15 is 0 Å². The largest absolute Gasteiger partial charge is 0.480 e. The quantitative estimate of drug-likeness (QED) is 0.807. The predicted octanol–water partition coefficient (Wildman–Crippen LogP) is 4.26. The molecule has 1 heterocycles. The van der Waals surface area contributed by atoms with E-state index in [2.05, 4.69) is 24.3 Å². The molecule has 0 bridgehead atoms. The second-order valence-electron chi connectivity index (χ2n) is 6.44. The van der Waals surface area contributed by atoms with Gasteiger partial charge in [-0.2, -0.15) is 0 Å². The lowest BCUT2D eigenvalue weighted by atomic mass is 9.93. The zero-order chi connectivity index (χ0) is 17.3. The number of hydrogen-bond acceptors (Lipinski definition) is 3. The number of carboxylic acid groups (broad SMARTS) is 1. The Balaban J connectivity index is 0.00000169. The summed E-state index contributed by atoms with van der Waals surface area (Å²) in [6.45, 7) is 1.21. The predicted molar refractivity (Wildman–Crippen MR) is 111 cm³/mol. The van der Waals surface area contributed by atoms with E-state index in [0.717, 1.165) is 22.4 Å². The van der Waals surface area contributed by atoms with Crippen LogP contribution in [-0.4, -0.2) is 36.1 Å². The van der Waals surface area contributed by atoms with Crippen molar-refractivity contribution in [1.82, 2.24) is 4.90 Å². The molecule has 2 aromatic carbocycles. The van der Waals surface area contributed by atoms with Crippen LogP contribution in [0, 0.1) is 0 Å². The van der Waals surface area contributed by atoms with Crippen LogP contribution in [-0.2, 0) is 24.3 Å². The number of hydrogen-bond donors (Lipinski definition) is 1. The standard InChI is InChI=1S/C19H21ClN2O2.2ClH/c1-21(2)17-7-3-13(4-8-17)11-22-12-15-9-16(20)6-5-14(15)10-18(22)19(23)24;;/h3-9,18H,10-12H2,1-2H3,(H,23,24);2*1H. The lowest BCUT2D eigenvalue weighted by molar-refractivity contribution is -0.144. The maximum absolute atomic E-state index is 11.7. The van der Waals surface area contributed by atoms with Gasteiger partial charge in [-0.3, -0.25) is 9.69 Å². The van der Waals surface area contributed by atoms with Crippen molar-refractivity contribution in [2.45, 2.75) is 25.6 Å². The van der Waals surface area contributed by atoms with Gasteiger partial charge in [-0.1, -0.05) is 29.8 Å². The van der Waals surface area contributed by atoms with Gasteiger partial charge < -0.3 is 10.0 Å². The van der Waals surface area contributed by atoms with E-state index in [-0.39, 0.29) is 24.8 Å². The van der Waals surface area contributed by atoms with Gasteiger partial charge in [-0.05, 0) is 47.4 Å². The van der Waals surface area contributed by atoms with Crippen molar-refractivity contribution >= 4 is 48.1 Å². The van der Waals surface area contributed by atoms with Crippen molar-refractivity contribution in [2.75, 3.05) is 19.0 Å². The first-order valence-corrected chi connectivity index (χ1v) is 8.32. The maximum atomic E-state index is 11.7. The molecule has 1 unspecified atom stereocenters. The molecular formula is C19H23Cl3N2O2. The number of aliphatic carboxylic acids is 1. The van der Waals surface area contributed by atoms with Gasteiger partial charge in [0.05, 0.1) is 0 Å². The van der Waals surface area contributed by atoms with E-state index < -0.39 is 12.0 Å². The van der Waals surface area contributed by atoms with Crippen molar-refractivity contribution < 1.29 is 9.90 Å². The molecule has 1 atom stereocenters. The van der Waals surface area contributed by atoms with Crippen LogP contribution in [0.3, 0.4) is 0 Å². The Bertz CT molecular complexity index is 751. The molecule has 0 fully saturated rings. The number of nitrogens with zero attached hydrogens (tertiary/aromatic N) is 2. The first-order chi connectivity index (χ1) is 11.4. The van der Waals surface area contributed by atoms with Gasteiger partial charge in [0.25, 0.3) is 0 Å². The molecule has 1 N–H and O–H groups in total. The minimum Gasteiger partial charge on any atom is -0.480 e. The highest BCUT2D eigenvalue weighted by atomic mass is 35.5. The molecule has 3 rings (SSSR count). The molecule has 0 radical (unpaired) electrons. The van der Waals surface area contributed by atoms with E-state index in [4.69, 9.17) is 11.6 Å². The molecule has 0 saturated carbocycles. The summed E-state index contributed by atoms with van der Waals surface area (Å²) in [5.41, 5.74) is 4.43. The van der Waals surface area contributed by atoms with Crippen LogP contribution in [0.15, 0.2) is 42.5 Å². The lowest BCUT2D eigenvalue weighted by Crippen LogP contribution is -2.45. The van der Waals surface area contributed by atoms with E-state index in [0.29, 0.717) is 24.5 Å². The van der Waals surface area contributed by atoms with Crippen molar-refractivity contribution in [3.63, 3.8) is 0 Å². The number of benzene rings is 2. The zero-order valence-corrected chi connectivity index (χ0v) is 17.1. The van der Waals surface area contributed by atoms with E-state index in [1.807, 2.05) is 42.1 Å². The Kier molecular flexibility index (Phi) is 8.22. The van der Waals surface area contributed by atoms with E-state index in [1.54, 1.807) is 0 Å². The summed E-state index contributed by atoms with van der Waals surface area (Å²) in [5, 5.41) is 10.3. The van der Waals surface area contributed by atoms with E-state index in [9.17, 15) is 9.90 Å². The number of carboxylic acids is 1. The molecule has 0 saturated heterocycles. The molecule has 7 heteroatoms. The number of carbonyl (C=O) groups is 1. The van der Waals surface area contributed by atoms with Gasteiger partial charge in [0, 0.05) is 37.9 Å². The van der Waals surface area contributed by atoms with Crippen LogP contribution in [0.1, 0.15) is 16.7 Å². The van der Waals surface area contributed by atoms with Crippen molar-refractivity contribution in [2.24, 2.45) is 0 Å². The maximum Gasteiger partial charge on any atom is 0.321 e. The Morgan fingerprint density at radius 3 is 2.38 bits per heavy atom. The Morgan fingerprint density at radius 1 is 1.15 bits per heavy atom. The van der Waals surface area contributed by atoms with Crippen molar-refractivity contribution in [1.29, 1.82) is 0 Å². The fourth-order valence-corrected chi connectivity index (χ4v) is 3.35. The molecule has 0 spiro atoms.